The molecule has 1 aromatic heterocycles. The van der Waals surface area contributed by atoms with E-state index < -0.39 is 0 Å². The molecule has 0 spiro atoms. The number of para-hydroxylation sites is 1. The van der Waals surface area contributed by atoms with Gasteiger partial charge in [-0.05, 0) is 156 Å². The molecule has 0 fully saturated rings. The molecule has 3 nitrogen and oxygen atoms in total. The average Bonchev–Trinajstić information content (AvgIpc) is 3.81. The molecule has 0 atom stereocenters. The van der Waals surface area contributed by atoms with E-state index in [0.717, 1.165) is 29.9 Å². The maximum absolute atomic E-state index is 2.69. The van der Waals surface area contributed by atoms with Gasteiger partial charge in [-0.15, -0.1) is 0 Å². The van der Waals surface area contributed by atoms with E-state index in [-0.39, 0.29) is 21.7 Å². The van der Waals surface area contributed by atoms with Crippen molar-refractivity contribution in [3.63, 3.8) is 0 Å². The lowest BCUT2D eigenvalue weighted by Crippen LogP contribution is -2.33. The highest BCUT2D eigenvalue weighted by molar-refractivity contribution is 6.17. The van der Waals surface area contributed by atoms with Crippen LogP contribution in [0, 0.1) is 0 Å². The van der Waals surface area contributed by atoms with Gasteiger partial charge in [-0.25, -0.2) is 0 Å². The molecule has 3 heterocycles. The van der Waals surface area contributed by atoms with Crippen LogP contribution in [0.2, 0.25) is 0 Å². The lowest BCUT2D eigenvalue weighted by atomic mass is 9.68. The van der Waals surface area contributed by atoms with Gasteiger partial charge in [0.2, 0.25) is 0 Å². The van der Waals surface area contributed by atoms with Crippen LogP contribution in [-0.4, -0.2) is 4.57 Å². The van der Waals surface area contributed by atoms with Crippen LogP contribution in [0.15, 0.2) is 211 Å². The van der Waals surface area contributed by atoms with Gasteiger partial charge < -0.3 is 14.4 Å². The second-order valence-corrected chi connectivity index (χ2v) is 24.9. The largest absolute Gasteiger partial charge is 0.314 e. The van der Waals surface area contributed by atoms with Crippen LogP contribution in [0.1, 0.15) is 113 Å². The molecule has 3 heteroatoms. The molecule has 0 radical (unpaired) electrons. The minimum atomic E-state index is -0.310. The Kier molecular flexibility index (Phi) is 8.84. The topological polar surface area (TPSA) is 11.4 Å². The number of anilines is 5. The third-order valence-corrected chi connectivity index (χ3v) is 19.4. The zero-order chi connectivity index (χ0) is 52.1. The molecule has 3 aliphatic carbocycles. The van der Waals surface area contributed by atoms with E-state index in [4.69, 9.17) is 0 Å². The minimum Gasteiger partial charge on any atom is -0.314 e. The molecule has 0 unspecified atom stereocenters. The van der Waals surface area contributed by atoms with Crippen LogP contribution in [0.4, 0.5) is 28.4 Å². The highest BCUT2D eigenvalue weighted by Crippen LogP contribution is 2.59. The molecular formula is C74H61N3. The van der Waals surface area contributed by atoms with Crippen LogP contribution < -0.4 is 9.80 Å². The number of fused-ring (bicyclic) bond motifs is 8. The number of rotatable bonds is 6. The predicted octanol–water partition coefficient (Wildman–Crippen LogP) is 19.7. The third kappa shape index (κ3) is 5.87. The van der Waals surface area contributed by atoms with Gasteiger partial charge in [0, 0.05) is 66.3 Å². The standard InChI is InChI=1S/C74H61N3/c1-71(2)59-26-15-13-24-53(59)55-35-33-48(40-63(55)71)75(47-32-31-44-19-9-10-21-46(44)37-47)50-38-57-58-39-51(43-66-69(58)77-68(57)65(42-50)73(5,6)61-28-18-29-62(70(61)77)74(66,7)8)76(67-30-17-22-45-20-11-12-23-52(45)67)49-34-36-56-54-25-14-16-27-60(54)72(3,4)64(56)41-49/h9-33,35,37-43H,34,36H2,1-8H3. The van der Waals surface area contributed by atoms with Crippen molar-refractivity contribution in [1.82, 2.24) is 4.57 Å². The van der Waals surface area contributed by atoms with Crippen molar-refractivity contribution in [3.8, 4) is 16.8 Å². The molecule has 2 aliphatic heterocycles. The molecule has 16 rings (SSSR count). The van der Waals surface area contributed by atoms with Crippen LogP contribution >= 0.6 is 0 Å². The Hall–Kier alpha value is -8.40. The monoisotopic (exact) mass is 991 g/mol. The number of hydrogen-bond donors (Lipinski definition) is 0. The maximum atomic E-state index is 2.69. The van der Waals surface area contributed by atoms with Crippen molar-refractivity contribution in [2.75, 3.05) is 9.80 Å². The number of allylic oxidation sites excluding steroid dienone is 4. The Balaban J connectivity index is 1.000. The lowest BCUT2D eigenvalue weighted by molar-refractivity contribution is 0.593. The van der Waals surface area contributed by atoms with E-state index in [0.29, 0.717) is 0 Å². The van der Waals surface area contributed by atoms with E-state index in [1.165, 1.54) is 133 Å². The first-order chi connectivity index (χ1) is 37.2. The number of hydrogen-bond acceptors (Lipinski definition) is 2. The summed E-state index contributed by atoms with van der Waals surface area (Å²) in [5, 5.41) is 7.55. The molecule has 372 valence electrons. The van der Waals surface area contributed by atoms with Crippen molar-refractivity contribution in [2.45, 2.75) is 89.9 Å². The molecule has 0 saturated carbocycles. The van der Waals surface area contributed by atoms with E-state index in [9.17, 15) is 0 Å². The van der Waals surface area contributed by atoms with Crippen molar-refractivity contribution >= 4 is 77.4 Å². The summed E-state index contributed by atoms with van der Waals surface area (Å²) in [6.45, 7) is 19.5. The van der Waals surface area contributed by atoms with Crippen molar-refractivity contribution in [1.29, 1.82) is 0 Å². The molecule has 0 amide bonds. The normalized spacial score (nSPS) is 17.2. The number of nitrogens with zero attached hydrogens (tertiary/aromatic N) is 3. The Bertz CT molecular complexity index is 4520. The van der Waals surface area contributed by atoms with Crippen LogP contribution in [-0.2, 0) is 21.7 Å². The van der Waals surface area contributed by atoms with Gasteiger partial charge in [0.15, 0.2) is 0 Å². The molecule has 77 heavy (non-hydrogen) atoms. The van der Waals surface area contributed by atoms with E-state index >= 15 is 0 Å². The highest BCUT2D eigenvalue weighted by Gasteiger charge is 2.45. The Morgan fingerprint density at radius 1 is 0.351 bits per heavy atom. The fourth-order valence-electron chi connectivity index (χ4n) is 15.4. The lowest BCUT2D eigenvalue weighted by Gasteiger charge is -2.42. The predicted molar refractivity (Wildman–Crippen MR) is 325 cm³/mol. The summed E-state index contributed by atoms with van der Waals surface area (Å²) in [5.74, 6) is 0. The summed E-state index contributed by atoms with van der Waals surface area (Å²) in [6, 6.07) is 74.5. The summed E-state index contributed by atoms with van der Waals surface area (Å²) >= 11 is 0. The molecular weight excluding hydrogens is 931 g/mol. The minimum absolute atomic E-state index is 0.112. The molecule has 0 saturated heterocycles. The van der Waals surface area contributed by atoms with Gasteiger partial charge in [-0.3, -0.25) is 0 Å². The first-order valence-electron chi connectivity index (χ1n) is 27.9. The fourth-order valence-corrected chi connectivity index (χ4v) is 15.4. The van der Waals surface area contributed by atoms with E-state index in [1.54, 1.807) is 0 Å². The quantitative estimate of drug-likeness (QED) is 0.164. The Morgan fingerprint density at radius 2 is 0.870 bits per heavy atom. The number of benzene rings is 10. The van der Waals surface area contributed by atoms with Gasteiger partial charge in [0.05, 0.1) is 22.4 Å². The third-order valence-electron chi connectivity index (χ3n) is 19.4. The number of aromatic nitrogens is 1. The second kappa shape index (κ2) is 15.2. The molecule has 11 aromatic rings. The molecule has 0 N–H and O–H groups in total. The van der Waals surface area contributed by atoms with Gasteiger partial charge in [-0.2, -0.15) is 0 Å². The molecule has 5 aliphatic rings. The zero-order valence-electron chi connectivity index (χ0n) is 45.3. The van der Waals surface area contributed by atoms with Crippen molar-refractivity contribution < 1.29 is 0 Å². The van der Waals surface area contributed by atoms with Crippen molar-refractivity contribution in [2.24, 2.45) is 0 Å². The smallest absolute Gasteiger partial charge is 0.0583 e. The Labute approximate surface area is 452 Å². The summed E-state index contributed by atoms with van der Waals surface area (Å²) < 4.78 is 2.69. The first kappa shape index (κ1) is 44.9. The zero-order valence-corrected chi connectivity index (χ0v) is 45.3. The van der Waals surface area contributed by atoms with Gasteiger partial charge in [0.1, 0.15) is 0 Å². The van der Waals surface area contributed by atoms with Gasteiger partial charge in [0.25, 0.3) is 0 Å². The summed E-state index contributed by atoms with van der Waals surface area (Å²) in [7, 11) is 0. The van der Waals surface area contributed by atoms with E-state index in [1.807, 2.05) is 0 Å². The molecule has 10 aromatic carbocycles. The van der Waals surface area contributed by atoms with Crippen LogP contribution in [0.25, 0.3) is 65.7 Å². The van der Waals surface area contributed by atoms with Gasteiger partial charge >= 0.3 is 0 Å². The maximum Gasteiger partial charge on any atom is 0.0583 e. The SMILES string of the molecule is CC1(C)C2=C(CCC(N(c3cc4c5c(c3)c3cc(N(c6ccc7c(c6)C(C)(C)c6ccccc6-7)c6ccc7ccccc7c6)cc6c3n5-c3c(cccc3C6(C)C)C4(C)C)c3cccc4ccccc34)=C2)c2ccccc21. The first-order valence-corrected chi connectivity index (χ1v) is 27.9. The second-order valence-electron chi connectivity index (χ2n) is 24.9. The average molecular weight is 992 g/mol. The van der Waals surface area contributed by atoms with Crippen molar-refractivity contribution in [3.05, 3.63) is 256 Å². The highest BCUT2D eigenvalue weighted by atomic mass is 15.2. The summed E-state index contributed by atoms with van der Waals surface area (Å²) in [5.41, 5.74) is 27.0. The van der Waals surface area contributed by atoms with Crippen LogP contribution in [0.3, 0.4) is 0 Å². The Morgan fingerprint density at radius 3 is 1.60 bits per heavy atom. The van der Waals surface area contributed by atoms with Crippen LogP contribution in [0.5, 0.6) is 0 Å². The fraction of sp³-hybridized carbons (Fsp3) is 0.189. The molecule has 0 bridgehead atoms. The van der Waals surface area contributed by atoms with Gasteiger partial charge in [-0.1, -0.05) is 195 Å². The summed E-state index contributed by atoms with van der Waals surface area (Å²) in [6.07, 6.45) is 4.51. The van der Waals surface area contributed by atoms with E-state index in [2.05, 4.69) is 270 Å². The summed E-state index contributed by atoms with van der Waals surface area (Å²) in [4.78, 5) is 5.22.